The molecule has 0 saturated heterocycles. The highest BCUT2D eigenvalue weighted by Gasteiger charge is 2.38. The number of nitrogens with zero attached hydrogens (tertiary/aromatic N) is 2. The van der Waals surface area contributed by atoms with Crippen LogP contribution in [0, 0.1) is 11.7 Å². The van der Waals surface area contributed by atoms with Crippen molar-refractivity contribution in [2.24, 2.45) is 5.92 Å². The highest BCUT2D eigenvalue weighted by molar-refractivity contribution is 7.89. The average Bonchev–Trinajstić information content (AvgIpc) is 2.90. The van der Waals surface area contributed by atoms with Crippen molar-refractivity contribution in [1.29, 1.82) is 0 Å². The van der Waals surface area contributed by atoms with Crippen molar-refractivity contribution >= 4 is 21.5 Å². The van der Waals surface area contributed by atoms with Crippen LogP contribution in [0.5, 0.6) is 5.75 Å². The Morgan fingerprint density at radius 1 is 1.22 bits per heavy atom. The number of benzene rings is 2. The van der Waals surface area contributed by atoms with E-state index < -0.39 is 28.0 Å². The molecule has 7 nitrogen and oxygen atoms in total. The van der Waals surface area contributed by atoms with Gasteiger partial charge in [-0.25, -0.2) is 12.8 Å². The summed E-state index contributed by atoms with van der Waals surface area (Å²) in [6.45, 7) is 3.56. The first kappa shape index (κ1) is 27.3. The largest absolute Gasteiger partial charge is 0.487 e. The predicted octanol–water partition coefficient (Wildman–Crippen LogP) is 4.32. The minimum atomic E-state index is -3.94. The zero-order valence-corrected chi connectivity index (χ0v) is 22.4. The lowest BCUT2D eigenvalue weighted by Gasteiger charge is -2.37. The summed E-state index contributed by atoms with van der Waals surface area (Å²) in [5.74, 6) is -0.750. The van der Waals surface area contributed by atoms with E-state index in [1.807, 2.05) is 13.0 Å². The Hall–Kier alpha value is -2.75. The molecule has 2 aromatic rings. The molecule has 0 aromatic heterocycles. The van der Waals surface area contributed by atoms with Crippen molar-refractivity contribution in [1.82, 2.24) is 9.21 Å². The van der Waals surface area contributed by atoms with Gasteiger partial charge in [-0.15, -0.1) is 0 Å². The van der Waals surface area contributed by atoms with Crippen molar-refractivity contribution < 1.29 is 27.4 Å². The summed E-state index contributed by atoms with van der Waals surface area (Å²) in [7, 11) is -2.29. The fraction of sp³-hybridized carbons (Fsp3) is 0.464. The van der Waals surface area contributed by atoms with Gasteiger partial charge in [0.05, 0.1) is 13.2 Å². The van der Waals surface area contributed by atoms with Gasteiger partial charge in [0, 0.05) is 31.1 Å². The molecule has 2 aliphatic rings. The number of halogens is 1. The van der Waals surface area contributed by atoms with Gasteiger partial charge in [-0.2, -0.15) is 4.31 Å². The SMILES string of the molecule is C[C@H]1CN([C@@H](C)CO)S(=O)(=O)c2ccc(C3=CCCCC3)cc2O[C@H]1CN(C)C(=O)c1ccc(F)cc1. The Balaban J connectivity index is 1.71. The first-order chi connectivity index (χ1) is 17.6. The van der Waals surface area contributed by atoms with Gasteiger partial charge in [-0.3, -0.25) is 4.79 Å². The number of likely N-dealkylation sites (N-methyl/N-ethyl adjacent to an activating group) is 1. The van der Waals surface area contributed by atoms with E-state index >= 15 is 0 Å². The van der Waals surface area contributed by atoms with Gasteiger partial charge in [-0.05, 0) is 80.1 Å². The molecule has 0 fully saturated rings. The van der Waals surface area contributed by atoms with E-state index in [2.05, 4.69) is 6.08 Å². The van der Waals surface area contributed by atoms with Crippen LogP contribution in [0.25, 0.3) is 5.57 Å². The minimum Gasteiger partial charge on any atom is -0.487 e. The first-order valence-electron chi connectivity index (χ1n) is 12.8. The number of fused-ring (bicyclic) bond motifs is 1. The summed E-state index contributed by atoms with van der Waals surface area (Å²) in [6, 6.07) is 9.94. The highest BCUT2D eigenvalue weighted by Crippen LogP contribution is 2.37. The van der Waals surface area contributed by atoms with Gasteiger partial charge in [0.15, 0.2) is 0 Å². The van der Waals surface area contributed by atoms with Crippen LogP contribution >= 0.6 is 0 Å². The molecule has 9 heteroatoms. The molecule has 200 valence electrons. The predicted molar refractivity (Wildman–Crippen MR) is 140 cm³/mol. The molecule has 1 heterocycles. The lowest BCUT2D eigenvalue weighted by molar-refractivity contribution is 0.0563. The zero-order chi connectivity index (χ0) is 26.7. The molecule has 37 heavy (non-hydrogen) atoms. The molecule has 3 atom stereocenters. The topological polar surface area (TPSA) is 87.2 Å². The quantitative estimate of drug-likeness (QED) is 0.601. The lowest BCUT2D eigenvalue weighted by atomic mass is 9.93. The van der Waals surface area contributed by atoms with Crippen LogP contribution in [0.1, 0.15) is 55.5 Å². The van der Waals surface area contributed by atoms with E-state index in [0.717, 1.165) is 31.2 Å². The number of carbonyl (C=O) groups is 1. The molecule has 2 aromatic carbocycles. The fourth-order valence-corrected chi connectivity index (χ4v) is 6.74. The third kappa shape index (κ3) is 5.89. The van der Waals surface area contributed by atoms with Crippen LogP contribution < -0.4 is 4.74 Å². The summed E-state index contributed by atoms with van der Waals surface area (Å²) in [4.78, 5) is 14.6. The highest BCUT2D eigenvalue weighted by atomic mass is 32.2. The Labute approximate surface area is 218 Å². The molecule has 1 aliphatic carbocycles. The van der Waals surface area contributed by atoms with Crippen molar-refractivity contribution in [3.63, 3.8) is 0 Å². The monoisotopic (exact) mass is 530 g/mol. The van der Waals surface area contributed by atoms with Crippen LogP contribution in [-0.2, 0) is 10.0 Å². The van der Waals surface area contributed by atoms with Gasteiger partial charge >= 0.3 is 0 Å². The van der Waals surface area contributed by atoms with Crippen LogP contribution in [-0.4, -0.2) is 67.5 Å². The molecule has 0 radical (unpaired) electrons. The number of allylic oxidation sites excluding steroid dienone is 2. The number of carbonyl (C=O) groups excluding carboxylic acids is 1. The van der Waals surface area contributed by atoms with E-state index in [4.69, 9.17) is 4.74 Å². The fourth-order valence-electron chi connectivity index (χ4n) is 4.91. The second-order valence-electron chi connectivity index (χ2n) is 10.1. The number of ether oxygens (including phenoxy) is 1. The van der Waals surface area contributed by atoms with Crippen molar-refractivity contribution in [3.8, 4) is 5.75 Å². The maximum atomic E-state index is 13.7. The molecular weight excluding hydrogens is 495 g/mol. The third-order valence-corrected chi connectivity index (χ3v) is 9.24. The zero-order valence-electron chi connectivity index (χ0n) is 21.6. The van der Waals surface area contributed by atoms with Crippen LogP contribution in [0.2, 0.25) is 0 Å². The Kier molecular flexibility index (Phi) is 8.36. The number of sulfonamides is 1. The van der Waals surface area contributed by atoms with Gasteiger partial charge in [0.2, 0.25) is 10.0 Å². The standard InChI is InChI=1S/C28H35FN2O5S/c1-19-16-31(20(2)18-32)37(34,35)27-14-11-23(21-7-5-4-6-8-21)15-25(27)36-26(19)17-30(3)28(33)22-9-12-24(29)13-10-22/h7,9-15,19-20,26,32H,4-6,8,16-18H2,1-3H3/t19-,20-,26-/m0/s1. The molecule has 0 spiro atoms. The Morgan fingerprint density at radius 3 is 2.59 bits per heavy atom. The van der Waals surface area contributed by atoms with E-state index in [1.54, 1.807) is 26.1 Å². The van der Waals surface area contributed by atoms with Gasteiger partial charge in [0.25, 0.3) is 5.91 Å². The second-order valence-corrected chi connectivity index (χ2v) is 11.9. The summed E-state index contributed by atoms with van der Waals surface area (Å²) in [5.41, 5.74) is 2.46. The molecule has 4 rings (SSSR count). The van der Waals surface area contributed by atoms with E-state index in [1.165, 1.54) is 39.0 Å². The Bertz CT molecular complexity index is 1260. The molecule has 1 amide bonds. The smallest absolute Gasteiger partial charge is 0.253 e. The summed E-state index contributed by atoms with van der Waals surface area (Å²) < 4.78 is 48.4. The number of hydrogen-bond donors (Lipinski definition) is 1. The molecule has 1 aliphatic heterocycles. The van der Waals surface area contributed by atoms with Crippen LogP contribution in [0.15, 0.2) is 53.4 Å². The maximum Gasteiger partial charge on any atom is 0.253 e. The van der Waals surface area contributed by atoms with Crippen molar-refractivity contribution in [2.45, 2.75) is 56.6 Å². The lowest BCUT2D eigenvalue weighted by Crippen LogP contribution is -2.50. The number of aliphatic hydroxyl groups is 1. The van der Waals surface area contributed by atoms with E-state index in [0.29, 0.717) is 5.56 Å². The third-order valence-electron chi connectivity index (χ3n) is 7.22. The summed E-state index contributed by atoms with van der Waals surface area (Å²) in [5, 5.41) is 9.84. The second kappa shape index (κ2) is 11.3. The number of amides is 1. The van der Waals surface area contributed by atoms with Crippen LogP contribution in [0.4, 0.5) is 4.39 Å². The van der Waals surface area contributed by atoms with E-state index in [-0.39, 0.29) is 42.2 Å². The molecule has 0 bridgehead atoms. The number of aliphatic hydroxyl groups excluding tert-OH is 1. The molecule has 0 saturated carbocycles. The molecule has 1 N–H and O–H groups in total. The minimum absolute atomic E-state index is 0.0531. The average molecular weight is 531 g/mol. The van der Waals surface area contributed by atoms with Crippen LogP contribution in [0.3, 0.4) is 0 Å². The van der Waals surface area contributed by atoms with Gasteiger partial charge in [-0.1, -0.05) is 19.1 Å². The molecular formula is C28H35FN2O5S. The Morgan fingerprint density at radius 2 is 1.95 bits per heavy atom. The summed E-state index contributed by atoms with van der Waals surface area (Å²) in [6.07, 6.45) is 5.81. The normalized spacial score (nSPS) is 22.6. The summed E-state index contributed by atoms with van der Waals surface area (Å²) >= 11 is 0. The van der Waals surface area contributed by atoms with Gasteiger partial charge in [0.1, 0.15) is 22.6 Å². The maximum absolute atomic E-state index is 13.7. The van der Waals surface area contributed by atoms with E-state index in [9.17, 15) is 22.7 Å². The first-order valence-corrected chi connectivity index (χ1v) is 14.2. The van der Waals surface area contributed by atoms with Gasteiger partial charge < -0.3 is 14.7 Å². The number of hydrogen-bond acceptors (Lipinski definition) is 5. The number of rotatable bonds is 6. The van der Waals surface area contributed by atoms with Crippen molar-refractivity contribution in [2.75, 3.05) is 26.7 Å². The molecule has 0 unspecified atom stereocenters. The van der Waals surface area contributed by atoms with Crippen molar-refractivity contribution in [3.05, 3.63) is 65.5 Å².